The largest absolute Gasteiger partial charge is 0.374 e. The standard InChI is InChI=1S/C11H10N2O2/c12-7-6-11(15)8-4-2-1-3-5-9(8)13-10(11)14/h1-2,4-5,15H,3,6H2,(H,13,14). The molecule has 1 atom stereocenters. The van der Waals surface area contributed by atoms with Crippen LogP contribution < -0.4 is 5.32 Å². The van der Waals surface area contributed by atoms with Crippen molar-refractivity contribution in [3.63, 3.8) is 0 Å². The SMILES string of the molecule is N#CCC1(O)C(=O)NC2=CCC=CC=C21. The maximum absolute atomic E-state index is 11.5. The summed E-state index contributed by atoms with van der Waals surface area (Å²) in [6.07, 6.45) is 7.67. The molecule has 1 heterocycles. The van der Waals surface area contributed by atoms with Gasteiger partial charge in [0.05, 0.1) is 12.5 Å². The molecule has 0 aromatic carbocycles. The maximum atomic E-state index is 11.5. The lowest BCUT2D eigenvalue weighted by Crippen LogP contribution is -2.38. The van der Waals surface area contributed by atoms with Crippen LogP contribution in [0.15, 0.2) is 35.6 Å². The van der Waals surface area contributed by atoms with E-state index >= 15 is 0 Å². The Morgan fingerprint density at radius 3 is 3.20 bits per heavy atom. The monoisotopic (exact) mass is 202 g/mol. The topological polar surface area (TPSA) is 73.1 Å². The van der Waals surface area contributed by atoms with Crippen molar-refractivity contribution in [1.82, 2.24) is 5.32 Å². The Labute approximate surface area is 87.2 Å². The van der Waals surface area contributed by atoms with Gasteiger partial charge >= 0.3 is 0 Å². The molecule has 1 amide bonds. The van der Waals surface area contributed by atoms with Crippen molar-refractivity contribution in [3.8, 4) is 6.07 Å². The molecule has 1 aliphatic heterocycles. The molecule has 76 valence electrons. The van der Waals surface area contributed by atoms with Gasteiger partial charge in [0.15, 0.2) is 5.60 Å². The summed E-state index contributed by atoms with van der Waals surface area (Å²) in [6, 6.07) is 1.83. The fourth-order valence-corrected chi connectivity index (χ4v) is 1.75. The molecule has 0 aromatic heterocycles. The predicted molar refractivity (Wildman–Crippen MR) is 53.2 cm³/mol. The Hall–Kier alpha value is -1.86. The third-order valence-corrected chi connectivity index (χ3v) is 2.55. The van der Waals surface area contributed by atoms with Gasteiger partial charge in [0.25, 0.3) is 5.91 Å². The molecule has 0 aromatic rings. The molecule has 0 bridgehead atoms. The number of nitrogens with one attached hydrogen (secondary N) is 1. The molecule has 0 saturated carbocycles. The van der Waals surface area contributed by atoms with Gasteiger partial charge in [-0.15, -0.1) is 0 Å². The Balaban J connectivity index is 2.49. The van der Waals surface area contributed by atoms with E-state index in [1.165, 1.54) is 0 Å². The minimum atomic E-state index is -1.69. The van der Waals surface area contributed by atoms with Crippen LogP contribution in [0.5, 0.6) is 0 Å². The van der Waals surface area contributed by atoms with Crippen LogP contribution in [0.4, 0.5) is 0 Å². The average Bonchev–Trinajstić information content (AvgIpc) is 2.42. The molecule has 2 N–H and O–H groups in total. The van der Waals surface area contributed by atoms with Crippen LogP contribution in [0, 0.1) is 11.3 Å². The number of aliphatic hydroxyl groups is 1. The van der Waals surface area contributed by atoms with Gasteiger partial charge in [-0.1, -0.05) is 24.3 Å². The van der Waals surface area contributed by atoms with Crippen molar-refractivity contribution >= 4 is 5.91 Å². The third-order valence-electron chi connectivity index (χ3n) is 2.55. The molecule has 4 heteroatoms. The summed E-state index contributed by atoms with van der Waals surface area (Å²) in [7, 11) is 0. The number of rotatable bonds is 1. The van der Waals surface area contributed by atoms with Gasteiger partial charge in [-0.25, -0.2) is 0 Å². The van der Waals surface area contributed by atoms with E-state index in [0.29, 0.717) is 17.7 Å². The normalized spacial score (nSPS) is 28.4. The number of nitrogens with zero attached hydrogens (tertiary/aromatic N) is 1. The molecule has 1 aliphatic carbocycles. The van der Waals surface area contributed by atoms with Gasteiger partial charge in [-0.3, -0.25) is 4.79 Å². The van der Waals surface area contributed by atoms with E-state index in [1.54, 1.807) is 12.2 Å². The minimum absolute atomic E-state index is 0.226. The number of nitriles is 1. The van der Waals surface area contributed by atoms with Crippen molar-refractivity contribution in [2.24, 2.45) is 0 Å². The number of fused-ring (bicyclic) bond motifs is 1. The van der Waals surface area contributed by atoms with Gasteiger partial charge < -0.3 is 10.4 Å². The first-order chi connectivity index (χ1) is 7.18. The van der Waals surface area contributed by atoms with Gasteiger partial charge in [0.2, 0.25) is 0 Å². The molecule has 15 heavy (non-hydrogen) atoms. The zero-order valence-corrected chi connectivity index (χ0v) is 8.03. The Kier molecular flexibility index (Phi) is 2.18. The summed E-state index contributed by atoms with van der Waals surface area (Å²) in [5.41, 5.74) is -0.583. The van der Waals surface area contributed by atoms with Crippen molar-refractivity contribution in [2.45, 2.75) is 18.4 Å². The molecule has 0 radical (unpaired) electrons. The van der Waals surface area contributed by atoms with Crippen molar-refractivity contribution in [3.05, 3.63) is 35.6 Å². The van der Waals surface area contributed by atoms with E-state index in [0.717, 1.165) is 0 Å². The summed E-state index contributed by atoms with van der Waals surface area (Å²) in [5, 5.41) is 21.3. The molecule has 2 aliphatic rings. The number of allylic oxidation sites excluding steroid dienone is 4. The van der Waals surface area contributed by atoms with Crippen LogP contribution in [0.2, 0.25) is 0 Å². The number of carbonyl (C=O) groups is 1. The van der Waals surface area contributed by atoms with Gasteiger partial charge in [-0.05, 0) is 6.42 Å². The highest BCUT2D eigenvalue weighted by Crippen LogP contribution is 2.33. The molecule has 0 spiro atoms. The Morgan fingerprint density at radius 1 is 1.67 bits per heavy atom. The van der Waals surface area contributed by atoms with Crippen LogP contribution in [-0.4, -0.2) is 16.6 Å². The smallest absolute Gasteiger partial charge is 0.262 e. The second-order valence-electron chi connectivity index (χ2n) is 3.51. The van der Waals surface area contributed by atoms with Gasteiger partial charge in [-0.2, -0.15) is 5.26 Å². The number of hydrogen-bond acceptors (Lipinski definition) is 3. The van der Waals surface area contributed by atoms with Crippen LogP contribution in [0.1, 0.15) is 12.8 Å². The fourth-order valence-electron chi connectivity index (χ4n) is 1.75. The molecule has 1 saturated heterocycles. The zero-order valence-electron chi connectivity index (χ0n) is 8.03. The summed E-state index contributed by atoms with van der Waals surface area (Å²) < 4.78 is 0. The average molecular weight is 202 g/mol. The second-order valence-corrected chi connectivity index (χ2v) is 3.51. The van der Waals surface area contributed by atoms with Crippen molar-refractivity contribution in [1.29, 1.82) is 5.26 Å². The molecule has 1 unspecified atom stereocenters. The number of amides is 1. The predicted octanol–water partition coefficient (Wildman–Crippen LogP) is 0.531. The number of hydrogen-bond donors (Lipinski definition) is 2. The van der Waals surface area contributed by atoms with Crippen LogP contribution in [0.3, 0.4) is 0 Å². The summed E-state index contributed by atoms with van der Waals surface area (Å²) in [5.74, 6) is -0.517. The summed E-state index contributed by atoms with van der Waals surface area (Å²) in [6.45, 7) is 0. The van der Waals surface area contributed by atoms with E-state index < -0.39 is 11.5 Å². The lowest BCUT2D eigenvalue weighted by molar-refractivity contribution is -0.132. The molecule has 4 nitrogen and oxygen atoms in total. The van der Waals surface area contributed by atoms with E-state index in [1.807, 2.05) is 18.2 Å². The van der Waals surface area contributed by atoms with Crippen LogP contribution >= 0.6 is 0 Å². The van der Waals surface area contributed by atoms with E-state index in [9.17, 15) is 9.90 Å². The van der Waals surface area contributed by atoms with Crippen molar-refractivity contribution < 1.29 is 9.90 Å². The van der Waals surface area contributed by atoms with Gasteiger partial charge in [0, 0.05) is 11.3 Å². The highest BCUT2D eigenvalue weighted by Gasteiger charge is 2.47. The molecular formula is C11H10N2O2. The molecule has 2 rings (SSSR count). The minimum Gasteiger partial charge on any atom is -0.374 e. The van der Waals surface area contributed by atoms with Crippen LogP contribution in [0.25, 0.3) is 0 Å². The van der Waals surface area contributed by atoms with E-state index in [4.69, 9.17) is 5.26 Å². The molecule has 1 fully saturated rings. The Morgan fingerprint density at radius 2 is 2.47 bits per heavy atom. The fraction of sp³-hybridized carbons (Fsp3) is 0.273. The number of carbonyl (C=O) groups excluding carboxylic acids is 1. The first kappa shape index (κ1) is 9.69. The summed E-state index contributed by atoms with van der Waals surface area (Å²) in [4.78, 5) is 11.5. The maximum Gasteiger partial charge on any atom is 0.262 e. The van der Waals surface area contributed by atoms with E-state index in [2.05, 4.69) is 5.32 Å². The highest BCUT2D eigenvalue weighted by atomic mass is 16.3. The van der Waals surface area contributed by atoms with E-state index in [-0.39, 0.29) is 6.42 Å². The van der Waals surface area contributed by atoms with Crippen molar-refractivity contribution in [2.75, 3.05) is 0 Å². The first-order valence-corrected chi connectivity index (χ1v) is 4.67. The first-order valence-electron chi connectivity index (χ1n) is 4.67. The quantitative estimate of drug-likeness (QED) is 0.651. The zero-order chi connectivity index (χ0) is 10.9. The Bertz CT molecular complexity index is 440. The van der Waals surface area contributed by atoms with Gasteiger partial charge in [0.1, 0.15) is 0 Å². The highest BCUT2D eigenvalue weighted by molar-refractivity contribution is 5.96. The molecular weight excluding hydrogens is 192 g/mol. The summed E-state index contributed by atoms with van der Waals surface area (Å²) >= 11 is 0. The van der Waals surface area contributed by atoms with Crippen LogP contribution in [-0.2, 0) is 4.79 Å². The lowest BCUT2D eigenvalue weighted by atomic mass is 9.91. The second kappa shape index (κ2) is 3.37. The third kappa shape index (κ3) is 1.37. The lowest BCUT2D eigenvalue weighted by Gasteiger charge is -2.16.